The molecule has 0 unspecified atom stereocenters. The third-order valence-corrected chi connectivity index (χ3v) is 5.57. The van der Waals surface area contributed by atoms with Gasteiger partial charge in [-0.15, -0.1) is 0 Å². The summed E-state index contributed by atoms with van der Waals surface area (Å²) in [6, 6.07) is 21.1. The maximum absolute atomic E-state index is 13.7. The number of hydrogen-bond acceptors (Lipinski definition) is 5. The van der Waals surface area contributed by atoms with Crippen LogP contribution < -0.4 is 16.0 Å². The van der Waals surface area contributed by atoms with Gasteiger partial charge in [-0.05, 0) is 24.5 Å². The third kappa shape index (κ3) is 3.84. The van der Waals surface area contributed by atoms with Gasteiger partial charge in [-0.2, -0.15) is 0 Å². The maximum atomic E-state index is 13.7. The van der Waals surface area contributed by atoms with Crippen LogP contribution in [0.2, 0.25) is 0 Å². The van der Waals surface area contributed by atoms with E-state index >= 15 is 0 Å². The number of nitrogens with two attached hydrogens (primary N) is 1. The molecule has 158 valence electrons. The minimum absolute atomic E-state index is 0.0472. The number of nitrogens with zero attached hydrogens (tertiary/aromatic N) is 1. The number of carbonyl (C=O) groups excluding carboxylic acids is 1. The van der Waals surface area contributed by atoms with Crippen molar-refractivity contribution in [2.45, 2.75) is 25.8 Å². The standard InChI is InChI=1S/C25H24N2O4/c1-16-15-19-21(24(28)27(16)14-13-17-9-5-3-6-10-17)20(18-11-7-4-8-12-18)22(23(26)31-19)25(29)30-2/h3-12,15,20H,13-14,26H2,1-2H3/t20-/m1/s1. The van der Waals surface area contributed by atoms with Crippen LogP contribution in [0.4, 0.5) is 0 Å². The molecule has 0 saturated heterocycles. The van der Waals surface area contributed by atoms with Gasteiger partial charge in [0.15, 0.2) is 0 Å². The van der Waals surface area contributed by atoms with Gasteiger partial charge in [0.1, 0.15) is 11.3 Å². The van der Waals surface area contributed by atoms with Crippen LogP contribution in [0.5, 0.6) is 5.75 Å². The van der Waals surface area contributed by atoms with Gasteiger partial charge in [-0.1, -0.05) is 60.7 Å². The minimum Gasteiger partial charge on any atom is -0.465 e. The number of aromatic nitrogens is 1. The molecule has 6 nitrogen and oxygen atoms in total. The smallest absolute Gasteiger partial charge is 0.340 e. The average Bonchev–Trinajstić information content (AvgIpc) is 2.78. The van der Waals surface area contributed by atoms with Crippen molar-refractivity contribution in [2.75, 3.05) is 7.11 Å². The molecule has 1 aliphatic rings. The molecule has 0 aliphatic carbocycles. The third-order valence-electron chi connectivity index (χ3n) is 5.57. The second-order valence-electron chi connectivity index (χ2n) is 7.47. The van der Waals surface area contributed by atoms with Crippen molar-refractivity contribution in [2.24, 2.45) is 5.73 Å². The Morgan fingerprint density at radius 1 is 1.10 bits per heavy atom. The Morgan fingerprint density at radius 3 is 2.39 bits per heavy atom. The van der Waals surface area contributed by atoms with Gasteiger partial charge in [0, 0.05) is 18.3 Å². The first-order chi connectivity index (χ1) is 15.0. The maximum Gasteiger partial charge on any atom is 0.340 e. The number of fused-ring (bicyclic) bond motifs is 1. The van der Waals surface area contributed by atoms with Crippen molar-refractivity contribution in [3.8, 4) is 5.75 Å². The molecule has 3 aromatic rings. The number of esters is 1. The van der Waals surface area contributed by atoms with E-state index < -0.39 is 11.9 Å². The van der Waals surface area contributed by atoms with Crippen LogP contribution in [0.15, 0.2) is 83.0 Å². The SMILES string of the molecule is COC(=O)C1=C(N)Oc2cc(C)n(CCc3ccccc3)c(=O)c2[C@H]1c1ccccc1. The van der Waals surface area contributed by atoms with E-state index in [0.29, 0.717) is 24.3 Å². The van der Waals surface area contributed by atoms with Crippen LogP contribution in [-0.4, -0.2) is 17.6 Å². The second kappa shape index (κ2) is 8.52. The Kier molecular flexibility index (Phi) is 5.62. The Labute approximate surface area is 180 Å². The fourth-order valence-corrected chi connectivity index (χ4v) is 4.04. The molecular weight excluding hydrogens is 392 g/mol. The van der Waals surface area contributed by atoms with E-state index in [0.717, 1.165) is 16.8 Å². The largest absolute Gasteiger partial charge is 0.465 e. The van der Waals surface area contributed by atoms with Gasteiger partial charge in [0.2, 0.25) is 5.88 Å². The van der Waals surface area contributed by atoms with Gasteiger partial charge in [-0.25, -0.2) is 4.79 Å². The molecule has 31 heavy (non-hydrogen) atoms. The van der Waals surface area contributed by atoms with E-state index in [1.807, 2.05) is 67.6 Å². The summed E-state index contributed by atoms with van der Waals surface area (Å²) in [5.74, 6) is -0.965. The van der Waals surface area contributed by atoms with Crippen molar-refractivity contribution in [3.05, 3.63) is 111 Å². The van der Waals surface area contributed by atoms with E-state index in [-0.39, 0.29) is 17.0 Å². The molecule has 0 spiro atoms. The lowest BCUT2D eigenvalue weighted by molar-refractivity contribution is -0.136. The van der Waals surface area contributed by atoms with Gasteiger partial charge in [0.25, 0.3) is 5.56 Å². The van der Waals surface area contributed by atoms with Gasteiger partial charge in [0.05, 0.1) is 18.6 Å². The van der Waals surface area contributed by atoms with Gasteiger partial charge >= 0.3 is 5.97 Å². The van der Waals surface area contributed by atoms with Crippen LogP contribution in [0.3, 0.4) is 0 Å². The number of rotatable bonds is 5. The van der Waals surface area contributed by atoms with E-state index in [9.17, 15) is 9.59 Å². The minimum atomic E-state index is -0.673. The molecule has 0 saturated carbocycles. The fraction of sp³-hybridized carbons (Fsp3) is 0.200. The average molecular weight is 416 g/mol. The molecule has 2 heterocycles. The molecular formula is C25H24N2O4. The molecule has 1 atom stereocenters. The Bertz CT molecular complexity index is 1200. The molecule has 2 aromatic carbocycles. The van der Waals surface area contributed by atoms with Crippen molar-refractivity contribution < 1.29 is 14.3 Å². The van der Waals surface area contributed by atoms with Gasteiger partial charge in [-0.3, -0.25) is 4.79 Å². The normalized spacial score (nSPS) is 15.2. The zero-order chi connectivity index (χ0) is 22.0. The first-order valence-corrected chi connectivity index (χ1v) is 10.1. The number of pyridine rings is 1. The summed E-state index contributed by atoms with van der Waals surface area (Å²) < 4.78 is 12.4. The number of hydrogen-bond donors (Lipinski definition) is 1. The van der Waals surface area contributed by atoms with E-state index in [4.69, 9.17) is 15.2 Å². The number of benzene rings is 2. The predicted molar refractivity (Wildman–Crippen MR) is 118 cm³/mol. The van der Waals surface area contributed by atoms with Crippen molar-refractivity contribution in [1.29, 1.82) is 0 Å². The van der Waals surface area contributed by atoms with Crippen LogP contribution in [0.1, 0.15) is 28.3 Å². The van der Waals surface area contributed by atoms with Crippen LogP contribution in [-0.2, 0) is 22.5 Å². The van der Waals surface area contributed by atoms with Crippen LogP contribution in [0, 0.1) is 6.92 Å². The van der Waals surface area contributed by atoms with E-state index in [1.165, 1.54) is 7.11 Å². The highest BCUT2D eigenvalue weighted by Crippen LogP contribution is 2.41. The van der Waals surface area contributed by atoms with E-state index in [2.05, 4.69) is 0 Å². The zero-order valence-corrected chi connectivity index (χ0v) is 17.5. The first kappa shape index (κ1) is 20.5. The summed E-state index contributed by atoms with van der Waals surface area (Å²) in [4.78, 5) is 26.3. The van der Waals surface area contributed by atoms with E-state index in [1.54, 1.807) is 10.6 Å². The summed E-state index contributed by atoms with van der Waals surface area (Å²) in [6.07, 6.45) is 0.707. The van der Waals surface area contributed by atoms with Crippen molar-refractivity contribution >= 4 is 5.97 Å². The first-order valence-electron chi connectivity index (χ1n) is 10.1. The molecule has 4 rings (SSSR count). The second-order valence-corrected chi connectivity index (χ2v) is 7.47. The molecule has 1 aliphatic heterocycles. The summed E-state index contributed by atoms with van der Waals surface area (Å²) in [6.45, 7) is 2.37. The lowest BCUT2D eigenvalue weighted by atomic mass is 9.83. The number of methoxy groups -OCH3 is 1. The summed E-state index contributed by atoms with van der Waals surface area (Å²) in [5.41, 5.74) is 9.12. The van der Waals surface area contributed by atoms with Crippen LogP contribution >= 0.6 is 0 Å². The van der Waals surface area contributed by atoms with Crippen LogP contribution in [0.25, 0.3) is 0 Å². The molecule has 2 N–H and O–H groups in total. The molecule has 0 bridgehead atoms. The monoisotopic (exact) mass is 416 g/mol. The highest BCUT2D eigenvalue weighted by atomic mass is 16.5. The number of aryl methyl sites for hydroxylation is 2. The Morgan fingerprint density at radius 2 is 1.74 bits per heavy atom. The molecule has 0 amide bonds. The highest BCUT2D eigenvalue weighted by Gasteiger charge is 2.38. The number of carbonyl (C=O) groups is 1. The quantitative estimate of drug-likeness (QED) is 0.646. The summed E-state index contributed by atoms with van der Waals surface area (Å²) in [7, 11) is 1.29. The zero-order valence-electron chi connectivity index (χ0n) is 17.5. The fourth-order valence-electron chi connectivity index (χ4n) is 4.04. The van der Waals surface area contributed by atoms with Crippen molar-refractivity contribution in [1.82, 2.24) is 4.57 Å². The lowest BCUT2D eigenvalue weighted by Crippen LogP contribution is -2.35. The predicted octanol–water partition coefficient (Wildman–Crippen LogP) is 3.27. The molecule has 0 radical (unpaired) electrons. The molecule has 6 heteroatoms. The highest BCUT2D eigenvalue weighted by molar-refractivity contribution is 5.92. The Hall–Kier alpha value is -3.80. The number of ether oxygens (including phenoxy) is 2. The van der Waals surface area contributed by atoms with Crippen molar-refractivity contribution in [3.63, 3.8) is 0 Å². The van der Waals surface area contributed by atoms with Gasteiger partial charge < -0.3 is 19.8 Å². The lowest BCUT2D eigenvalue weighted by Gasteiger charge is -2.29. The summed E-state index contributed by atoms with van der Waals surface area (Å²) >= 11 is 0. The Balaban J connectivity index is 1.85. The molecule has 1 aromatic heterocycles. The topological polar surface area (TPSA) is 83.5 Å². The molecule has 0 fully saturated rings. The summed E-state index contributed by atoms with van der Waals surface area (Å²) in [5, 5.41) is 0.